The SMILES string of the molecule is N#Cc1ccc(N2CCC(C(=O)c3ccc4c(c3)OCCO4)CC2)c([N+](=O)[O-])c1. The van der Waals surface area contributed by atoms with Gasteiger partial charge in [-0.3, -0.25) is 14.9 Å². The summed E-state index contributed by atoms with van der Waals surface area (Å²) in [6.07, 6.45) is 1.20. The summed E-state index contributed by atoms with van der Waals surface area (Å²) in [4.78, 5) is 25.8. The first-order chi connectivity index (χ1) is 14.1. The van der Waals surface area contributed by atoms with E-state index in [1.54, 1.807) is 30.3 Å². The van der Waals surface area contributed by atoms with Gasteiger partial charge in [0.15, 0.2) is 17.3 Å². The normalized spacial score (nSPS) is 16.2. The smallest absolute Gasteiger partial charge is 0.293 e. The molecule has 1 saturated heterocycles. The molecule has 2 aromatic carbocycles. The van der Waals surface area contributed by atoms with Crippen molar-refractivity contribution in [2.24, 2.45) is 5.92 Å². The van der Waals surface area contributed by atoms with E-state index in [1.165, 1.54) is 6.07 Å². The van der Waals surface area contributed by atoms with Crippen molar-refractivity contribution in [2.45, 2.75) is 12.8 Å². The maximum absolute atomic E-state index is 12.9. The zero-order chi connectivity index (χ0) is 20.4. The molecule has 0 spiro atoms. The van der Waals surface area contributed by atoms with Crippen molar-refractivity contribution >= 4 is 17.2 Å². The second-order valence-corrected chi connectivity index (χ2v) is 7.06. The van der Waals surface area contributed by atoms with Crippen LogP contribution in [-0.2, 0) is 0 Å². The minimum Gasteiger partial charge on any atom is -0.486 e. The van der Waals surface area contributed by atoms with Crippen molar-refractivity contribution in [1.82, 2.24) is 0 Å². The molecule has 2 aliphatic heterocycles. The summed E-state index contributed by atoms with van der Waals surface area (Å²) in [5.41, 5.74) is 1.25. The van der Waals surface area contributed by atoms with Crippen molar-refractivity contribution in [3.05, 3.63) is 57.6 Å². The molecule has 29 heavy (non-hydrogen) atoms. The number of anilines is 1. The lowest BCUT2D eigenvalue weighted by atomic mass is 9.88. The number of rotatable bonds is 4. The van der Waals surface area contributed by atoms with Crippen molar-refractivity contribution in [3.8, 4) is 17.6 Å². The number of nitriles is 1. The van der Waals surface area contributed by atoms with Crippen LogP contribution < -0.4 is 14.4 Å². The average molecular weight is 393 g/mol. The Morgan fingerprint density at radius 1 is 1.10 bits per heavy atom. The number of nitrogens with zero attached hydrogens (tertiary/aromatic N) is 3. The van der Waals surface area contributed by atoms with E-state index in [1.807, 2.05) is 11.0 Å². The van der Waals surface area contributed by atoms with Gasteiger partial charge in [0.25, 0.3) is 5.69 Å². The molecule has 0 bridgehead atoms. The molecular formula is C21H19N3O5. The summed E-state index contributed by atoms with van der Waals surface area (Å²) >= 11 is 0. The van der Waals surface area contributed by atoms with E-state index in [9.17, 15) is 14.9 Å². The van der Waals surface area contributed by atoms with E-state index in [0.29, 0.717) is 61.9 Å². The molecule has 2 aliphatic rings. The van der Waals surface area contributed by atoms with E-state index >= 15 is 0 Å². The topological polar surface area (TPSA) is 106 Å². The van der Waals surface area contributed by atoms with Crippen LogP contribution in [0.3, 0.4) is 0 Å². The van der Waals surface area contributed by atoms with E-state index in [4.69, 9.17) is 14.7 Å². The monoisotopic (exact) mass is 393 g/mol. The van der Waals surface area contributed by atoms with Crippen molar-refractivity contribution in [1.29, 1.82) is 5.26 Å². The molecule has 0 N–H and O–H groups in total. The summed E-state index contributed by atoms with van der Waals surface area (Å²) in [6, 6.07) is 11.7. The Bertz CT molecular complexity index is 1010. The van der Waals surface area contributed by atoms with Crippen LogP contribution in [0.25, 0.3) is 0 Å². The zero-order valence-corrected chi connectivity index (χ0v) is 15.7. The molecular weight excluding hydrogens is 374 g/mol. The minimum atomic E-state index is -0.470. The lowest BCUT2D eigenvalue weighted by Gasteiger charge is -2.32. The maximum atomic E-state index is 12.9. The average Bonchev–Trinajstić information content (AvgIpc) is 2.78. The molecule has 0 saturated carbocycles. The molecule has 0 atom stereocenters. The number of carbonyl (C=O) groups is 1. The number of Topliss-reactive ketones (excluding diaryl/α,β-unsaturated/α-hetero) is 1. The number of piperidine rings is 1. The van der Waals surface area contributed by atoms with Gasteiger partial charge in [0.1, 0.15) is 18.9 Å². The molecule has 0 radical (unpaired) electrons. The standard InChI is InChI=1S/C21H19N3O5/c22-13-14-1-3-17(18(11-14)24(26)27)23-7-5-15(6-8-23)21(25)16-2-4-19-20(12-16)29-10-9-28-19/h1-4,11-12,15H,5-10H2. The third-order valence-electron chi connectivity index (χ3n) is 5.33. The van der Waals surface area contributed by atoms with Crippen LogP contribution >= 0.6 is 0 Å². The number of nitro groups is 1. The fourth-order valence-corrected chi connectivity index (χ4v) is 3.82. The minimum absolute atomic E-state index is 0.0518. The first kappa shape index (κ1) is 18.7. The van der Waals surface area contributed by atoms with Crippen LogP contribution in [0.5, 0.6) is 11.5 Å². The van der Waals surface area contributed by atoms with E-state index in [0.717, 1.165) is 0 Å². The molecule has 0 aliphatic carbocycles. The van der Waals surface area contributed by atoms with Gasteiger partial charge in [-0.2, -0.15) is 5.26 Å². The fourth-order valence-electron chi connectivity index (χ4n) is 3.82. The molecule has 2 heterocycles. The molecule has 0 amide bonds. The Labute approximate surface area is 167 Å². The summed E-state index contributed by atoms with van der Waals surface area (Å²) < 4.78 is 11.1. The van der Waals surface area contributed by atoms with E-state index in [2.05, 4.69) is 0 Å². The predicted molar refractivity (Wildman–Crippen MR) is 105 cm³/mol. The number of nitro benzene ring substituents is 1. The first-order valence-corrected chi connectivity index (χ1v) is 9.44. The third kappa shape index (κ3) is 3.72. The molecule has 0 aromatic heterocycles. The van der Waals surface area contributed by atoms with Gasteiger partial charge in [-0.1, -0.05) is 0 Å². The first-order valence-electron chi connectivity index (χ1n) is 9.44. The molecule has 1 fully saturated rings. The Kier molecular flexibility index (Phi) is 5.04. The van der Waals surface area contributed by atoms with Gasteiger partial charge in [-0.15, -0.1) is 0 Å². The van der Waals surface area contributed by atoms with E-state index in [-0.39, 0.29) is 23.0 Å². The van der Waals surface area contributed by atoms with Crippen LogP contribution in [0.4, 0.5) is 11.4 Å². The second kappa shape index (κ2) is 7.80. The molecule has 8 nitrogen and oxygen atoms in total. The zero-order valence-electron chi connectivity index (χ0n) is 15.7. The maximum Gasteiger partial charge on any atom is 0.293 e. The molecule has 2 aromatic rings. The molecule has 0 unspecified atom stereocenters. The summed E-state index contributed by atoms with van der Waals surface area (Å²) in [7, 11) is 0. The van der Waals surface area contributed by atoms with Gasteiger partial charge in [-0.25, -0.2) is 0 Å². The number of benzene rings is 2. The van der Waals surface area contributed by atoms with Gasteiger partial charge in [0, 0.05) is 30.6 Å². The molecule has 148 valence electrons. The lowest BCUT2D eigenvalue weighted by molar-refractivity contribution is -0.384. The second-order valence-electron chi connectivity index (χ2n) is 7.06. The van der Waals surface area contributed by atoms with Gasteiger partial charge in [0.2, 0.25) is 0 Å². The predicted octanol–water partition coefficient (Wildman–Crippen LogP) is 3.34. The number of fused-ring (bicyclic) bond motifs is 1. The third-order valence-corrected chi connectivity index (χ3v) is 5.33. The number of ketones is 1. The van der Waals surface area contributed by atoms with Crippen molar-refractivity contribution < 1.29 is 19.2 Å². The molecule has 8 heteroatoms. The van der Waals surface area contributed by atoms with Crippen molar-refractivity contribution in [3.63, 3.8) is 0 Å². The van der Waals surface area contributed by atoms with Crippen LogP contribution in [-0.4, -0.2) is 37.0 Å². The Balaban J connectivity index is 1.47. The number of carbonyl (C=O) groups excluding carboxylic acids is 1. The Hall–Kier alpha value is -3.60. The lowest BCUT2D eigenvalue weighted by Crippen LogP contribution is -2.36. The van der Waals surface area contributed by atoms with E-state index < -0.39 is 4.92 Å². The van der Waals surface area contributed by atoms with Crippen molar-refractivity contribution in [2.75, 3.05) is 31.2 Å². The van der Waals surface area contributed by atoms with Crippen LogP contribution in [0.1, 0.15) is 28.8 Å². The van der Waals surface area contributed by atoms with Gasteiger partial charge >= 0.3 is 0 Å². The van der Waals surface area contributed by atoms with Gasteiger partial charge in [-0.05, 0) is 43.2 Å². The highest BCUT2D eigenvalue weighted by Crippen LogP contribution is 2.35. The van der Waals surface area contributed by atoms with Crippen LogP contribution in [0.2, 0.25) is 0 Å². The fraction of sp³-hybridized carbons (Fsp3) is 0.333. The molecule has 4 rings (SSSR count). The van der Waals surface area contributed by atoms with Crippen LogP contribution in [0.15, 0.2) is 36.4 Å². The summed E-state index contributed by atoms with van der Waals surface area (Å²) in [6.45, 7) is 2.04. The van der Waals surface area contributed by atoms with Gasteiger partial charge < -0.3 is 14.4 Å². The highest BCUT2D eigenvalue weighted by Gasteiger charge is 2.29. The Morgan fingerprint density at radius 2 is 1.83 bits per heavy atom. The van der Waals surface area contributed by atoms with Crippen LogP contribution in [0, 0.1) is 27.4 Å². The summed E-state index contributed by atoms with van der Waals surface area (Å²) in [5.74, 6) is 1.14. The quantitative estimate of drug-likeness (QED) is 0.445. The largest absolute Gasteiger partial charge is 0.486 e. The highest BCUT2D eigenvalue weighted by molar-refractivity contribution is 5.98. The number of hydrogen-bond acceptors (Lipinski definition) is 7. The Morgan fingerprint density at radius 3 is 2.52 bits per heavy atom. The number of hydrogen-bond donors (Lipinski definition) is 0. The highest BCUT2D eigenvalue weighted by atomic mass is 16.6. The summed E-state index contributed by atoms with van der Waals surface area (Å²) in [5, 5.41) is 20.4. The van der Waals surface area contributed by atoms with Gasteiger partial charge in [0.05, 0.1) is 16.6 Å². The number of ether oxygens (including phenoxy) is 2.